The summed E-state index contributed by atoms with van der Waals surface area (Å²) in [6.45, 7) is 3.46. The zero-order chi connectivity index (χ0) is 23.7. The molecule has 2 aromatic carbocycles. The number of rotatable bonds is 7. The van der Waals surface area contributed by atoms with Gasteiger partial charge in [-0.1, -0.05) is 36.4 Å². The minimum Gasteiger partial charge on any atom is -0.309 e. The van der Waals surface area contributed by atoms with Crippen molar-refractivity contribution >= 4 is 19.2 Å². The molecule has 11 heteroatoms. The number of benzene rings is 2. The molecule has 31 heavy (non-hydrogen) atoms. The summed E-state index contributed by atoms with van der Waals surface area (Å²) >= 11 is 5.34. The van der Waals surface area contributed by atoms with Crippen molar-refractivity contribution in [2.24, 2.45) is 0 Å². The molecular formula is C20H22ClF6O3P. The normalized spacial score (nSPS) is 12.3. The molecule has 0 radical (unpaired) electrons. The van der Waals surface area contributed by atoms with Crippen molar-refractivity contribution in [1.82, 2.24) is 0 Å². The highest BCUT2D eigenvalue weighted by Crippen LogP contribution is 2.52. The summed E-state index contributed by atoms with van der Waals surface area (Å²) in [7, 11) is -3.54. The second kappa shape index (κ2) is 11.9. The van der Waals surface area contributed by atoms with E-state index in [1.165, 1.54) is 36.4 Å². The third kappa shape index (κ3) is 8.85. The van der Waals surface area contributed by atoms with Crippen molar-refractivity contribution in [3.05, 3.63) is 70.8 Å². The minimum absolute atomic E-state index is 0.0831. The molecule has 0 aliphatic carbocycles. The SMILES string of the molecule is CCOP(=O)(Cc1ccccc1C(F)(F)F)OCC.FC(F)(F)c1ccccc1CCl. The van der Waals surface area contributed by atoms with Gasteiger partial charge in [0.05, 0.1) is 30.5 Å². The maximum atomic E-state index is 12.8. The first-order valence-corrected chi connectivity index (χ1v) is 11.4. The van der Waals surface area contributed by atoms with Gasteiger partial charge in [0, 0.05) is 5.88 Å². The van der Waals surface area contributed by atoms with Gasteiger partial charge < -0.3 is 9.05 Å². The molecule has 0 spiro atoms. The fourth-order valence-corrected chi connectivity index (χ4v) is 4.55. The summed E-state index contributed by atoms with van der Waals surface area (Å²) in [6, 6.07) is 10.3. The summed E-state index contributed by atoms with van der Waals surface area (Å²) in [5.41, 5.74) is -1.43. The first-order valence-electron chi connectivity index (χ1n) is 9.12. The number of hydrogen-bond donors (Lipinski definition) is 0. The van der Waals surface area contributed by atoms with Crippen molar-refractivity contribution in [3.63, 3.8) is 0 Å². The summed E-state index contributed by atoms with van der Waals surface area (Å²) in [5.74, 6) is -0.115. The number of halogens is 7. The fourth-order valence-electron chi connectivity index (χ4n) is 2.58. The van der Waals surface area contributed by atoms with Crippen LogP contribution < -0.4 is 0 Å². The molecule has 0 bridgehead atoms. The average Bonchev–Trinajstić information content (AvgIpc) is 2.67. The van der Waals surface area contributed by atoms with Crippen molar-refractivity contribution in [2.75, 3.05) is 13.2 Å². The van der Waals surface area contributed by atoms with Crippen LogP contribution in [-0.4, -0.2) is 13.2 Å². The molecule has 0 amide bonds. The van der Waals surface area contributed by atoms with Gasteiger partial charge in [-0.15, -0.1) is 11.6 Å². The predicted octanol–water partition coefficient (Wildman–Crippen LogP) is 7.92. The Morgan fingerprint density at radius 2 is 1.16 bits per heavy atom. The van der Waals surface area contributed by atoms with Gasteiger partial charge in [-0.2, -0.15) is 26.3 Å². The topological polar surface area (TPSA) is 35.5 Å². The summed E-state index contributed by atoms with van der Waals surface area (Å²) in [5, 5.41) is 0. The van der Waals surface area contributed by atoms with E-state index in [1.807, 2.05) is 0 Å². The Balaban J connectivity index is 0.000000343. The number of alkyl halides is 7. The van der Waals surface area contributed by atoms with Crippen LogP contribution in [0.5, 0.6) is 0 Å². The molecule has 0 N–H and O–H groups in total. The Kier molecular flexibility index (Phi) is 10.6. The van der Waals surface area contributed by atoms with Crippen molar-refractivity contribution in [3.8, 4) is 0 Å². The summed E-state index contributed by atoms with van der Waals surface area (Å²) < 4.78 is 97.3. The molecule has 0 atom stereocenters. The van der Waals surface area contributed by atoms with Crippen molar-refractivity contribution < 1.29 is 40.0 Å². The average molecular weight is 491 g/mol. The molecule has 0 aromatic heterocycles. The lowest BCUT2D eigenvalue weighted by Gasteiger charge is -2.19. The van der Waals surface area contributed by atoms with Crippen LogP contribution in [-0.2, 0) is 38.0 Å². The van der Waals surface area contributed by atoms with Crippen molar-refractivity contribution in [2.45, 2.75) is 38.2 Å². The van der Waals surface area contributed by atoms with Gasteiger partial charge in [0.25, 0.3) is 0 Å². The minimum atomic E-state index is -4.49. The quantitative estimate of drug-likeness (QED) is 0.225. The molecular weight excluding hydrogens is 469 g/mol. The van der Waals surface area contributed by atoms with Crippen LogP contribution >= 0.6 is 19.2 Å². The molecule has 0 aliphatic rings. The third-order valence-electron chi connectivity index (χ3n) is 3.81. The van der Waals surface area contributed by atoms with Gasteiger partial charge in [0.2, 0.25) is 0 Å². The standard InChI is InChI=1S/C12H16F3O3P.C8H6ClF3/c1-3-17-19(16,18-4-2)9-10-7-5-6-8-11(10)12(13,14)15;9-5-6-3-1-2-4-7(6)8(10,11)12/h5-8H,3-4,9H2,1-2H3;1-4H,5H2. The molecule has 0 saturated heterocycles. The second-order valence-electron chi connectivity index (χ2n) is 6.05. The van der Waals surface area contributed by atoms with E-state index in [0.717, 1.165) is 12.1 Å². The van der Waals surface area contributed by atoms with Crippen LogP contribution in [0.2, 0.25) is 0 Å². The van der Waals surface area contributed by atoms with Gasteiger partial charge >= 0.3 is 19.9 Å². The summed E-state index contributed by atoms with van der Waals surface area (Å²) in [6.07, 6.45) is -9.17. The third-order valence-corrected chi connectivity index (χ3v) is 6.12. The van der Waals surface area contributed by atoms with E-state index in [4.69, 9.17) is 20.6 Å². The van der Waals surface area contributed by atoms with Crippen LogP contribution in [0.1, 0.15) is 36.1 Å². The molecule has 0 fully saturated rings. The molecule has 0 aliphatic heterocycles. The van der Waals surface area contributed by atoms with E-state index >= 15 is 0 Å². The Hall–Kier alpha value is -1.54. The molecule has 174 valence electrons. The first-order chi connectivity index (χ1) is 14.4. The van der Waals surface area contributed by atoms with Crippen molar-refractivity contribution in [1.29, 1.82) is 0 Å². The van der Waals surface area contributed by atoms with Crippen LogP contribution in [0.3, 0.4) is 0 Å². The Morgan fingerprint density at radius 1 is 0.774 bits per heavy atom. The van der Waals surface area contributed by atoms with E-state index in [1.54, 1.807) is 13.8 Å². The van der Waals surface area contributed by atoms with Gasteiger partial charge in [-0.05, 0) is 37.1 Å². The highest BCUT2D eigenvalue weighted by Gasteiger charge is 2.36. The zero-order valence-electron chi connectivity index (χ0n) is 16.8. The lowest BCUT2D eigenvalue weighted by Crippen LogP contribution is -2.10. The number of hydrogen-bond acceptors (Lipinski definition) is 3. The van der Waals surface area contributed by atoms with E-state index in [9.17, 15) is 30.9 Å². The Labute approximate surface area is 181 Å². The van der Waals surface area contributed by atoms with Crippen LogP contribution in [0, 0.1) is 0 Å². The summed E-state index contributed by atoms with van der Waals surface area (Å²) in [4.78, 5) is 0. The van der Waals surface area contributed by atoms with E-state index in [2.05, 4.69) is 0 Å². The van der Waals surface area contributed by atoms with E-state index in [0.29, 0.717) is 0 Å². The second-order valence-corrected chi connectivity index (χ2v) is 8.37. The highest BCUT2D eigenvalue weighted by molar-refractivity contribution is 7.53. The predicted molar refractivity (Wildman–Crippen MR) is 107 cm³/mol. The lowest BCUT2D eigenvalue weighted by molar-refractivity contribution is -0.138. The van der Waals surface area contributed by atoms with Gasteiger partial charge in [0.1, 0.15) is 0 Å². The first kappa shape index (κ1) is 27.5. The van der Waals surface area contributed by atoms with Gasteiger partial charge in [-0.25, -0.2) is 0 Å². The molecule has 0 heterocycles. The molecule has 2 aromatic rings. The van der Waals surface area contributed by atoms with E-state index < -0.39 is 31.1 Å². The van der Waals surface area contributed by atoms with Crippen LogP contribution in [0.25, 0.3) is 0 Å². The molecule has 2 rings (SSSR count). The highest BCUT2D eigenvalue weighted by atomic mass is 35.5. The zero-order valence-corrected chi connectivity index (χ0v) is 18.4. The van der Waals surface area contributed by atoms with E-state index in [-0.39, 0.29) is 36.4 Å². The lowest BCUT2D eigenvalue weighted by atomic mass is 10.1. The maximum absolute atomic E-state index is 12.8. The van der Waals surface area contributed by atoms with Crippen LogP contribution in [0.4, 0.5) is 26.3 Å². The molecule has 3 nitrogen and oxygen atoms in total. The fraction of sp³-hybridized carbons (Fsp3) is 0.400. The molecule has 0 saturated carbocycles. The monoisotopic (exact) mass is 490 g/mol. The Morgan fingerprint density at radius 3 is 1.52 bits per heavy atom. The van der Waals surface area contributed by atoms with Gasteiger partial charge in [-0.3, -0.25) is 4.57 Å². The maximum Gasteiger partial charge on any atom is 0.416 e. The largest absolute Gasteiger partial charge is 0.416 e. The Bertz CT molecular complexity index is 860. The molecule has 0 unspecified atom stereocenters. The smallest absolute Gasteiger partial charge is 0.309 e. The van der Waals surface area contributed by atoms with Crippen LogP contribution in [0.15, 0.2) is 48.5 Å². The van der Waals surface area contributed by atoms with Gasteiger partial charge in [0.15, 0.2) is 0 Å².